The molecule has 3 N–H and O–H groups in total. The van der Waals surface area contributed by atoms with Gasteiger partial charge in [0.15, 0.2) is 5.82 Å². The first-order valence-corrected chi connectivity index (χ1v) is 6.95. The lowest BCUT2D eigenvalue weighted by Gasteiger charge is -2.06. The summed E-state index contributed by atoms with van der Waals surface area (Å²) >= 11 is 1.64. The minimum atomic E-state index is 0.650. The molecule has 0 atom stereocenters. The molecule has 2 aromatic heterocycles. The van der Waals surface area contributed by atoms with Crippen LogP contribution in [0.15, 0.2) is 36.7 Å². The number of nitrogens with one attached hydrogen (secondary N) is 1. The molecule has 3 aromatic rings. The van der Waals surface area contributed by atoms with E-state index in [1.54, 1.807) is 18.4 Å². The molecule has 0 aliphatic heterocycles. The molecule has 20 heavy (non-hydrogen) atoms. The normalized spacial score (nSPS) is 10.7. The number of fused-ring (bicyclic) bond motifs is 1. The third-order valence-corrected chi connectivity index (χ3v) is 4.12. The molecule has 0 amide bonds. The van der Waals surface area contributed by atoms with Crippen molar-refractivity contribution in [1.29, 1.82) is 0 Å². The molecule has 0 saturated heterocycles. The molecular formula is C14H14N4OS. The number of nitrogens with two attached hydrogens (primary N) is 1. The Morgan fingerprint density at radius 3 is 2.95 bits per heavy atom. The van der Waals surface area contributed by atoms with Crippen LogP contribution in [0.4, 0.5) is 5.82 Å². The van der Waals surface area contributed by atoms with Crippen LogP contribution in [0, 0.1) is 0 Å². The molecule has 2 heterocycles. The Hall–Kier alpha value is -2.18. The third kappa shape index (κ3) is 2.31. The van der Waals surface area contributed by atoms with Crippen molar-refractivity contribution in [2.75, 3.05) is 12.5 Å². The van der Waals surface area contributed by atoms with Crippen LogP contribution >= 0.6 is 11.3 Å². The van der Waals surface area contributed by atoms with Crippen LogP contribution in [0.25, 0.3) is 10.2 Å². The highest BCUT2D eigenvalue weighted by atomic mass is 32.1. The summed E-state index contributed by atoms with van der Waals surface area (Å²) in [4.78, 5) is 10.5. The second-order valence-electron chi connectivity index (χ2n) is 4.29. The SMILES string of the molecule is COc1ccccc1Cc1cc2c(NN)ncnc2s1. The second kappa shape index (κ2) is 5.44. The Morgan fingerprint density at radius 1 is 1.30 bits per heavy atom. The Labute approximate surface area is 120 Å². The molecule has 6 heteroatoms. The highest BCUT2D eigenvalue weighted by Crippen LogP contribution is 2.31. The van der Waals surface area contributed by atoms with Gasteiger partial charge in [-0.1, -0.05) is 18.2 Å². The van der Waals surface area contributed by atoms with E-state index in [0.717, 1.165) is 28.0 Å². The van der Waals surface area contributed by atoms with Crippen molar-refractivity contribution in [3.63, 3.8) is 0 Å². The first-order chi connectivity index (χ1) is 9.81. The number of methoxy groups -OCH3 is 1. The van der Waals surface area contributed by atoms with Crippen molar-refractivity contribution >= 4 is 27.4 Å². The molecule has 5 nitrogen and oxygen atoms in total. The number of para-hydroxylation sites is 1. The average Bonchev–Trinajstić information content (AvgIpc) is 2.90. The van der Waals surface area contributed by atoms with Crippen molar-refractivity contribution in [2.45, 2.75) is 6.42 Å². The highest BCUT2D eigenvalue weighted by Gasteiger charge is 2.10. The summed E-state index contributed by atoms with van der Waals surface area (Å²) in [6, 6.07) is 10.1. The maximum Gasteiger partial charge on any atom is 0.152 e. The molecule has 0 saturated carbocycles. The van der Waals surface area contributed by atoms with Crippen molar-refractivity contribution in [3.8, 4) is 5.75 Å². The molecule has 102 valence electrons. The summed E-state index contributed by atoms with van der Waals surface area (Å²) in [7, 11) is 1.69. The van der Waals surface area contributed by atoms with E-state index < -0.39 is 0 Å². The smallest absolute Gasteiger partial charge is 0.152 e. The summed E-state index contributed by atoms with van der Waals surface area (Å²) < 4.78 is 5.38. The Morgan fingerprint density at radius 2 is 2.15 bits per heavy atom. The molecule has 0 aliphatic carbocycles. The molecular weight excluding hydrogens is 272 g/mol. The highest BCUT2D eigenvalue weighted by molar-refractivity contribution is 7.18. The van der Waals surface area contributed by atoms with E-state index in [1.165, 1.54) is 11.2 Å². The standard InChI is InChI=1S/C14H14N4OS/c1-19-12-5-3-2-4-9(12)6-10-7-11-13(18-15)16-8-17-14(11)20-10/h2-5,7-8H,6,15H2,1H3,(H,16,17,18). The molecule has 1 aromatic carbocycles. The first-order valence-electron chi connectivity index (χ1n) is 6.13. The van der Waals surface area contributed by atoms with Crippen LogP contribution in [0.3, 0.4) is 0 Å². The summed E-state index contributed by atoms with van der Waals surface area (Å²) in [6.07, 6.45) is 2.32. The fourth-order valence-corrected chi connectivity index (χ4v) is 3.16. The fraction of sp³-hybridized carbons (Fsp3) is 0.143. The number of nitrogen functional groups attached to an aromatic ring is 1. The Kier molecular flexibility index (Phi) is 3.49. The van der Waals surface area contributed by atoms with Crippen LogP contribution < -0.4 is 16.0 Å². The van der Waals surface area contributed by atoms with E-state index in [0.29, 0.717) is 5.82 Å². The summed E-state index contributed by atoms with van der Waals surface area (Å²) in [6.45, 7) is 0. The predicted molar refractivity (Wildman–Crippen MR) is 81.0 cm³/mol. The van der Waals surface area contributed by atoms with Crippen molar-refractivity contribution in [1.82, 2.24) is 9.97 Å². The molecule has 0 unspecified atom stereocenters. The zero-order chi connectivity index (χ0) is 13.9. The van der Waals surface area contributed by atoms with Gasteiger partial charge in [0.25, 0.3) is 0 Å². The van der Waals surface area contributed by atoms with Gasteiger partial charge in [0, 0.05) is 11.3 Å². The first kappa shape index (κ1) is 12.8. The van der Waals surface area contributed by atoms with E-state index in [2.05, 4.69) is 27.5 Å². The number of hydrogen-bond acceptors (Lipinski definition) is 6. The van der Waals surface area contributed by atoms with Gasteiger partial charge in [0.1, 0.15) is 16.9 Å². The quantitative estimate of drug-likeness (QED) is 0.569. The maximum absolute atomic E-state index is 5.47. The molecule has 0 aliphatic rings. The van der Waals surface area contributed by atoms with E-state index >= 15 is 0 Å². The number of anilines is 1. The number of benzene rings is 1. The number of ether oxygens (including phenoxy) is 1. The van der Waals surface area contributed by atoms with Gasteiger partial charge in [-0.3, -0.25) is 0 Å². The van der Waals surface area contributed by atoms with Gasteiger partial charge in [-0.2, -0.15) is 0 Å². The lowest BCUT2D eigenvalue weighted by atomic mass is 10.1. The van der Waals surface area contributed by atoms with Crippen LogP contribution in [0.1, 0.15) is 10.4 Å². The largest absolute Gasteiger partial charge is 0.496 e. The van der Waals surface area contributed by atoms with E-state index in [1.807, 2.05) is 18.2 Å². The molecule has 0 radical (unpaired) electrons. The van der Waals surface area contributed by atoms with Crippen molar-refractivity contribution in [3.05, 3.63) is 47.1 Å². The van der Waals surface area contributed by atoms with Gasteiger partial charge in [0.2, 0.25) is 0 Å². The summed E-state index contributed by atoms with van der Waals surface area (Å²) in [5.41, 5.74) is 3.75. The van der Waals surface area contributed by atoms with Crippen LogP contribution in [0.2, 0.25) is 0 Å². The molecule has 3 rings (SSSR count). The predicted octanol–water partition coefficient (Wildman–Crippen LogP) is 2.58. The Bertz CT molecular complexity index is 741. The van der Waals surface area contributed by atoms with Crippen LogP contribution in [-0.4, -0.2) is 17.1 Å². The summed E-state index contributed by atoms with van der Waals surface area (Å²) in [5, 5.41) is 0.949. The van der Waals surface area contributed by atoms with Gasteiger partial charge >= 0.3 is 0 Å². The van der Waals surface area contributed by atoms with Crippen molar-refractivity contribution < 1.29 is 4.74 Å². The number of aromatic nitrogens is 2. The zero-order valence-electron chi connectivity index (χ0n) is 11.0. The van der Waals surface area contributed by atoms with Crippen LogP contribution in [0.5, 0.6) is 5.75 Å². The molecule has 0 bridgehead atoms. The molecule has 0 fully saturated rings. The fourth-order valence-electron chi connectivity index (χ4n) is 2.14. The van der Waals surface area contributed by atoms with Crippen molar-refractivity contribution in [2.24, 2.45) is 5.84 Å². The monoisotopic (exact) mass is 286 g/mol. The number of rotatable bonds is 4. The lowest BCUT2D eigenvalue weighted by Crippen LogP contribution is -2.08. The lowest BCUT2D eigenvalue weighted by molar-refractivity contribution is 0.410. The van der Waals surface area contributed by atoms with E-state index in [-0.39, 0.29) is 0 Å². The van der Waals surface area contributed by atoms with Gasteiger partial charge in [0.05, 0.1) is 12.5 Å². The average molecular weight is 286 g/mol. The van der Waals surface area contributed by atoms with Gasteiger partial charge in [-0.05, 0) is 17.7 Å². The van der Waals surface area contributed by atoms with Gasteiger partial charge in [-0.15, -0.1) is 11.3 Å². The minimum absolute atomic E-state index is 0.650. The maximum atomic E-state index is 5.47. The number of hydrogen-bond donors (Lipinski definition) is 2. The number of thiophene rings is 1. The van der Waals surface area contributed by atoms with E-state index in [4.69, 9.17) is 10.6 Å². The third-order valence-electron chi connectivity index (χ3n) is 3.07. The number of nitrogens with zero attached hydrogens (tertiary/aromatic N) is 2. The van der Waals surface area contributed by atoms with E-state index in [9.17, 15) is 0 Å². The number of hydrazine groups is 1. The zero-order valence-corrected chi connectivity index (χ0v) is 11.8. The second-order valence-corrected chi connectivity index (χ2v) is 5.40. The Balaban J connectivity index is 1.99. The van der Waals surface area contributed by atoms with Gasteiger partial charge < -0.3 is 10.2 Å². The molecule has 0 spiro atoms. The van der Waals surface area contributed by atoms with Gasteiger partial charge in [-0.25, -0.2) is 15.8 Å². The minimum Gasteiger partial charge on any atom is -0.496 e. The van der Waals surface area contributed by atoms with Crippen LogP contribution in [-0.2, 0) is 6.42 Å². The summed E-state index contributed by atoms with van der Waals surface area (Å²) in [5.74, 6) is 7.01. The topological polar surface area (TPSA) is 73.1 Å².